The number of aryl methyl sites for hydroxylation is 2. The molecule has 0 bridgehead atoms. The first-order valence-electron chi connectivity index (χ1n) is 7.66. The molecule has 0 saturated heterocycles. The number of rotatable bonds is 4. The summed E-state index contributed by atoms with van der Waals surface area (Å²) < 4.78 is 5.44. The predicted octanol–water partition coefficient (Wildman–Crippen LogP) is 4.58. The van der Waals surface area contributed by atoms with Crippen molar-refractivity contribution in [2.75, 3.05) is 5.32 Å². The van der Waals surface area contributed by atoms with Gasteiger partial charge in [0.1, 0.15) is 22.7 Å². The Hall–Kier alpha value is -2.73. The van der Waals surface area contributed by atoms with Gasteiger partial charge in [-0.25, -0.2) is 9.97 Å². The summed E-state index contributed by atoms with van der Waals surface area (Å²) in [6.45, 7) is 4.66. The number of aromatic nitrogens is 3. The minimum atomic E-state index is 0.528. The van der Waals surface area contributed by atoms with Crippen LogP contribution in [0.4, 0.5) is 5.82 Å². The summed E-state index contributed by atoms with van der Waals surface area (Å²) in [7, 11) is 0. The first kappa shape index (κ1) is 14.8. The standard InChI is InChI=1S/C18H16N4OS/c1-11-3-5-13(6-4-11)15-7-14(23-22-15)8-19-17-16-12(2)9-24-18(16)21-10-20-17/h3-7,9-10H,8H2,1-2H3,(H,19,20,21). The van der Waals surface area contributed by atoms with E-state index in [0.717, 1.165) is 33.1 Å². The molecule has 1 N–H and O–H groups in total. The van der Waals surface area contributed by atoms with Gasteiger partial charge in [0.15, 0.2) is 5.76 Å². The number of benzene rings is 1. The molecule has 6 heteroatoms. The number of nitrogens with one attached hydrogen (secondary N) is 1. The molecule has 120 valence electrons. The molecule has 0 saturated carbocycles. The highest BCUT2D eigenvalue weighted by molar-refractivity contribution is 7.17. The van der Waals surface area contributed by atoms with Crippen LogP contribution in [-0.2, 0) is 6.54 Å². The van der Waals surface area contributed by atoms with Crippen LogP contribution in [0.15, 0.2) is 46.6 Å². The average molecular weight is 336 g/mol. The molecular weight excluding hydrogens is 320 g/mol. The van der Waals surface area contributed by atoms with Gasteiger partial charge in [-0.05, 0) is 24.8 Å². The van der Waals surface area contributed by atoms with Crippen molar-refractivity contribution in [2.24, 2.45) is 0 Å². The monoisotopic (exact) mass is 336 g/mol. The topological polar surface area (TPSA) is 63.8 Å². The maximum absolute atomic E-state index is 5.44. The molecule has 0 aliphatic heterocycles. The molecule has 0 unspecified atom stereocenters. The smallest absolute Gasteiger partial charge is 0.156 e. The Morgan fingerprint density at radius 3 is 2.79 bits per heavy atom. The molecule has 1 aromatic carbocycles. The number of nitrogens with zero attached hydrogens (tertiary/aromatic N) is 3. The molecule has 0 atom stereocenters. The van der Waals surface area contributed by atoms with E-state index in [0.29, 0.717) is 6.54 Å². The highest BCUT2D eigenvalue weighted by Crippen LogP contribution is 2.28. The van der Waals surface area contributed by atoms with Gasteiger partial charge in [-0.15, -0.1) is 11.3 Å². The van der Waals surface area contributed by atoms with Gasteiger partial charge in [-0.3, -0.25) is 0 Å². The molecule has 4 rings (SSSR count). The van der Waals surface area contributed by atoms with Crippen molar-refractivity contribution in [2.45, 2.75) is 20.4 Å². The van der Waals surface area contributed by atoms with Crippen LogP contribution in [-0.4, -0.2) is 15.1 Å². The lowest BCUT2D eigenvalue weighted by atomic mass is 10.1. The lowest BCUT2D eigenvalue weighted by molar-refractivity contribution is 0.390. The summed E-state index contributed by atoms with van der Waals surface area (Å²) in [5, 5.41) is 10.6. The van der Waals surface area contributed by atoms with E-state index < -0.39 is 0 Å². The second-order valence-electron chi connectivity index (χ2n) is 5.72. The average Bonchev–Trinajstić information content (AvgIpc) is 3.21. The summed E-state index contributed by atoms with van der Waals surface area (Å²) in [5.74, 6) is 1.59. The number of fused-ring (bicyclic) bond motifs is 1. The van der Waals surface area contributed by atoms with Crippen molar-refractivity contribution in [3.63, 3.8) is 0 Å². The summed E-state index contributed by atoms with van der Waals surface area (Å²) in [6.07, 6.45) is 1.58. The summed E-state index contributed by atoms with van der Waals surface area (Å²) in [6, 6.07) is 10.2. The molecule has 5 nitrogen and oxygen atoms in total. The fourth-order valence-electron chi connectivity index (χ4n) is 2.58. The van der Waals surface area contributed by atoms with E-state index in [2.05, 4.69) is 51.8 Å². The van der Waals surface area contributed by atoms with E-state index in [9.17, 15) is 0 Å². The molecule has 0 spiro atoms. The Labute approximate surface area is 143 Å². The summed E-state index contributed by atoms with van der Waals surface area (Å²) >= 11 is 1.63. The van der Waals surface area contributed by atoms with Gasteiger partial charge in [-0.1, -0.05) is 35.0 Å². The quantitative estimate of drug-likeness (QED) is 0.591. The SMILES string of the molecule is Cc1ccc(-c2cc(CNc3ncnc4scc(C)c34)on2)cc1. The minimum absolute atomic E-state index is 0.528. The van der Waals surface area contributed by atoms with E-state index >= 15 is 0 Å². The van der Waals surface area contributed by atoms with Crippen LogP contribution in [0.1, 0.15) is 16.9 Å². The lowest BCUT2D eigenvalue weighted by Gasteiger charge is -2.04. The van der Waals surface area contributed by atoms with Crippen molar-refractivity contribution in [1.29, 1.82) is 0 Å². The van der Waals surface area contributed by atoms with Crippen molar-refractivity contribution in [1.82, 2.24) is 15.1 Å². The van der Waals surface area contributed by atoms with Crippen LogP contribution in [0.2, 0.25) is 0 Å². The van der Waals surface area contributed by atoms with Crippen molar-refractivity contribution in [3.8, 4) is 11.3 Å². The Kier molecular flexibility index (Phi) is 3.74. The molecular formula is C18H16N4OS. The van der Waals surface area contributed by atoms with Gasteiger partial charge in [0.05, 0.1) is 11.9 Å². The van der Waals surface area contributed by atoms with Gasteiger partial charge in [0.2, 0.25) is 0 Å². The van der Waals surface area contributed by atoms with Gasteiger partial charge >= 0.3 is 0 Å². The molecule has 0 radical (unpaired) electrons. The van der Waals surface area contributed by atoms with Crippen molar-refractivity contribution in [3.05, 3.63) is 58.9 Å². The first-order valence-corrected chi connectivity index (χ1v) is 8.54. The van der Waals surface area contributed by atoms with E-state index in [-0.39, 0.29) is 0 Å². The van der Waals surface area contributed by atoms with E-state index in [1.54, 1.807) is 17.7 Å². The largest absolute Gasteiger partial charge is 0.362 e. The second kappa shape index (κ2) is 6.05. The minimum Gasteiger partial charge on any atom is -0.362 e. The normalized spacial score (nSPS) is 11.1. The number of anilines is 1. The molecule has 0 fully saturated rings. The lowest BCUT2D eigenvalue weighted by Crippen LogP contribution is -2.01. The fraction of sp³-hybridized carbons (Fsp3) is 0.167. The zero-order valence-electron chi connectivity index (χ0n) is 13.4. The zero-order valence-corrected chi connectivity index (χ0v) is 14.2. The van der Waals surface area contributed by atoms with Crippen LogP contribution >= 0.6 is 11.3 Å². The highest BCUT2D eigenvalue weighted by atomic mass is 32.1. The zero-order chi connectivity index (χ0) is 16.5. The van der Waals surface area contributed by atoms with Gasteiger partial charge < -0.3 is 9.84 Å². The molecule has 3 aromatic heterocycles. The van der Waals surface area contributed by atoms with Crippen molar-refractivity contribution < 1.29 is 4.52 Å². The van der Waals surface area contributed by atoms with Gasteiger partial charge in [-0.2, -0.15) is 0 Å². The fourth-order valence-corrected chi connectivity index (χ4v) is 3.47. The third kappa shape index (κ3) is 2.76. The van der Waals surface area contributed by atoms with E-state index in [1.807, 2.05) is 18.2 Å². The molecule has 4 aromatic rings. The molecule has 0 aliphatic rings. The second-order valence-corrected chi connectivity index (χ2v) is 6.58. The van der Waals surface area contributed by atoms with Gasteiger partial charge in [0, 0.05) is 11.6 Å². The van der Waals surface area contributed by atoms with Crippen LogP contribution in [0.3, 0.4) is 0 Å². The number of thiophene rings is 1. The first-order chi connectivity index (χ1) is 11.7. The van der Waals surface area contributed by atoms with E-state index in [4.69, 9.17) is 4.52 Å². The molecule has 0 amide bonds. The Bertz CT molecular complexity index is 988. The van der Waals surface area contributed by atoms with Crippen LogP contribution in [0, 0.1) is 13.8 Å². The Morgan fingerprint density at radius 1 is 1.12 bits per heavy atom. The summed E-state index contributed by atoms with van der Waals surface area (Å²) in [5.41, 5.74) is 4.29. The van der Waals surface area contributed by atoms with Crippen LogP contribution in [0.5, 0.6) is 0 Å². The van der Waals surface area contributed by atoms with Crippen LogP contribution < -0.4 is 5.32 Å². The van der Waals surface area contributed by atoms with Crippen molar-refractivity contribution >= 4 is 27.4 Å². The highest BCUT2D eigenvalue weighted by Gasteiger charge is 2.10. The molecule has 3 heterocycles. The van der Waals surface area contributed by atoms with Crippen LogP contribution in [0.25, 0.3) is 21.5 Å². The Morgan fingerprint density at radius 2 is 1.96 bits per heavy atom. The molecule has 24 heavy (non-hydrogen) atoms. The number of hydrogen-bond acceptors (Lipinski definition) is 6. The van der Waals surface area contributed by atoms with E-state index in [1.165, 1.54) is 11.1 Å². The molecule has 0 aliphatic carbocycles. The van der Waals surface area contributed by atoms with Gasteiger partial charge in [0.25, 0.3) is 0 Å². The third-order valence-corrected chi connectivity index (χ3v) is 4.89. The maximum atomic E-state index is 5.44. The third-order valence-electron chi connectivity index (χ3n) is 3.89. The predicted molar refractivity (Wildman–Crippen MR) is 96.2 cm³/mol. The summed E-state index contributed by atoms with van der Waals surface area (Å²) in [4.78, 5) is 9.64. The Balaban J connectivity index is 1.54. The maximum Gasteiger partial charge on any atom is 0.156 e. The number of hydrogen-bond donors (Lipinski definition) is 1.